The zero-order valence-electron chi connectivity index (χ0n) is 12.3. The van der Waals surface area contributed by atoms with Crippen LogP contribution in [0.2, 0.25) is 0 Å². The average Bonchev–Trinajstić information content (AvgIpc) is 2.92. The Morgan fingerprint density at radius 3 is 2.76 bits per heavy atom. The highest BCUT2D eigenvalue weighted by atomic mass is 16.5. The van der Waals surface area contributed by atoms with Crippen molar-refractivity contribution >= 4 is 10.9 Å². The third-order valence-corrected chi connectivity index (χ3v) is 3.80. The largest absolute Gasteiger partial charge is 0.497 e. The molecule has 1 heterocycles. The van der Waals surface area contributed by atoms with E-state index in [0.717, 1.165) is 18.7 Å². The number of benzene rings is 2. The molecule has 0 fully saturated rings. The number of rotatable bonds is 5. The Kier molecular flexibility index (Phi) is 3.93. The lowest BCUT2D eigenvalue weighted by molar-refractivity contribution is 0.414. The second-order valence-corrected chi connectivity index (χ2v) is 5.18. The minimum absolute atomic E-state index is 0.681. The standard InChI is InChI=1S/C18H20N2O/c1-21-16-6-2-4-14(12-16)13-20-11-9-17-15(8-10-19)5-3-7-18(17)20/h2-7,9,11-12H,8,10,13,19H2,1H3. The molecule has 0 radical (unpaired) electrons. The molecular formula is C18H20N2O. The van der Waals surface area contributed by atoms with Crippen molar-refractivity contribution in [3.8, 4) is 5.75 Å². The van der Waals surface area contributed by atoms with Gasteiger partial charge in [-0.2, -0.15) is 0 Å². The van der Waals surface area contributed by atoms with Gasteiger partial charge in [-0.05, 0) is 48.4 Å². The first-order chi connectivity index (χ1) is 10.3. The van der Waals surface area contributed by atoms with Gasteiger partial charge >= 0.3 is 0 Å². The molecule has 3 nitrogen and oxygen atoms in total. The molecule has 0 saturated heterocycles. The van der Waals surface area contributed by atoms with Gasteiger partial charge in [0.05, 0.1) is 7.11 Å². The molecule has 3 heteroatoms. The Bertz CT molecular complexity index is 746. The van der Waals surface area contributed by atoms with E-state index < -0.39 is 0 Å². The summed E-state index contributed by atoms with van der Waals surface area (Å²) in [5.41, 5.74) is 9.50. The van der Waals surface area contributed by atoms with Crippen molar-refractivity contribution < 1.29 is 4.74 Å². The summed E-state index contributed by atoms with van der Waals surface area (Å²) in [5, 5.41) is 1.30. The van der Waals surface area contributed by atoms with Gasteiger partial charge in [0.25, 0.3) is 0 Å². The fourth-order valence-electron chi connectivity index (χ4n) is 2.77. The van der Waals surface area contributed by atoms with Crippen molar-refractivity contribution in [1.29, 1.82) is 0 Å². The van der Waals surface area contributed by atoms with Gasteiger partial charge in [-0.3, -0.25) is 0 Å². The van der Waals surface area contributed by atoms with Crippen LogP contribution < -0.4 is 10.5 Å². The number of nitrogens with zero attached hydrogens (tertiary/aromatic N) is 1. The number of nitrogens with two attached hydrogens (primary N) is 1. The maximum atomic E-state index is 5.69. The van der Waals surface area contributed by atoms with Gasteiger partial charge in [0.1, 0.15) is 5.75 Å². The second kappa shape index (κ2) is 6.02. The second-order valence-electron chi connectivity index (χ2n) is 5.18. The van der Waals surface area contributed by atoms with Crippen molar-refractivity contribution in [2.24, 2.45) is 5.73 Å². The van der Waals surface area contributed by atoms with Gasteiger partial charge in [0.2, 0.25) is 0 Å². The number of hydrogen-bond donors (Lipinski definition) is 1. The Hall–Kier alpha value is -2.26. The summed E-state index contributed by atoms with van der Waals surface area (Å²) in [5.74, 6) is 0.896. The molecule has 0 unspecified atom stereocenters. The first-order valence-corrected chi connectivity index (χ1v) is 7.21. The summed E-state index contributed by atoms with van der Waals surface area (Å²) >= 11 is 0. The minimum atomic E-state index is 0.681. The average molecular weight is 280 g/mol. The molecule has 2 aromatic carbocycles. The monoisotopic (exact) mass is 280 g/mol. The smallest absolute Gasteiger partial charge is 0.119 e. The van der Waals surface area contributed by atoms with E-state index in [1.165, 1.54) is 22.0 Å². The minimum Gasteiger partial charge on any atom is -0.497 e. The van der Waals surface area contributed by atoms with Gasteiger partial charge in [-0.1, -0.05) is 24.3 Å². The van der Waals surface area contributed by atoms with Gasteiger partial charge < -0.3 is 15.0 Å². The van der Waals surface area contributed by atoms with E-state index in [4.69, 9.17) is 10.5 Å². The molecule has 0 bridgehead atoms. The van der Waals surface area contributed by atoms with Crippen LogP contribution in [0.1, 0.15) is 11.1 Å². The highest BCUT2D eigenvalue weighted by molar-refractivity contribution is 5.83. The molecule has 3 aromatic rings. The van der Waals surface area contributed by atoms with Crippen LogP contribution in [0, 0.1) is 0 Å². The zero-order chi connectivity index (χ0) is 14.7. The molecule has 0 amide bonds. The van der Waals surface area contributed by atoms with Gasteiger partial charge in [-0.25, -0.2) is 0 Å². The number of aromatic nitrogens is 1. The molecule has 21 heavy (non-hydrogen) atoms. The number of ether oxygens (including phenoxy) is 1. The molecule has 0 spiro atoms. The van der Waals surface area contributed by atoms with E-state index in [1.54, 1.807) is 7.11 Å². The Morgan fingerprint density at radius 2 is 1.95 bits per heavy atom. The lowest BCUT2D eigenvalue weighted by Gasteiger charge is -2.08. The SMILES string of the molecule is COc1cccc(Cn2ccc3c(CCN)cccc32)c1. The van der Waals surface area contributed by atoms with Crippen LogP contribution >= 0.6 is 0 Å². The van der Waals surface area contributed by atoms with E-state index in [-0.39, 0.29) is 0 Å². The van der Waals surface area contributed by atoms with E-state index in [0.29, 0.717) is 6.54 Å². The van der Waals surface area contributed by atoms with Crippen LogP contribution in [-0.4, -0.2) is 18.2 Å². The molecule has 0 aliphatic rings. The number of methoxy groups -OCH3 is 1. The molecule has 0 aliphatic carbocycles. The van der Waals surface area contributed by atoms with E-state index in [9.17, 15) is 0 Å². The predicted octanol–water partition coefficient (Wildman–Crippen LogP) is 3.20. The van der Waals surface area contributed by atoms with Crippen molar-refractivity contribution in [2.75, 3.05) is 13.7 Å². The maximum Gasteiger partial charge on any atom is 0.119 e. The van der Waals surface area contributed by atoms with Gasteiger partial charge in [0, 0.05) is 23.6 Å². The third kappa shape index (κ3) is 2.78. The van der Waals surface area contributed by atoms with Crippen LogP contribution in [0.15, 0.2) is 54.7 Å². The van der Waals surface area contributed by atoms with Crippen LogP contribution in [0.5, 0.6) is 5.75 Å². The zero-order valence-corrected chi connectivity index (χ0v) is 12.3. The van der Waals surface area contributed by atoms with Crippen molar-refractivity contribution in [1.82, 2.24) is 4.57 Å². The summed E-state index contributed by atoms with van der Waals surface area (Å²) in [4.78, 5) is 0. The van der Waals surface area contributed by atoms with Crippen molar-refractivity contribution in [2.45, 2.75) is 13.0 Å². The summed E-state index contributed by atoms with van der Waals surface area (Å²) in [6.07, 6.45) is 3.06. The lowest BCUT2D eigenvalue weighted by atomic mass is 10.1. The Labute approximate surface area is 125 Å². The number of hydrogen-bond acceptors (Lipinski definition) is 2. The highest BCUT2D eigenvalue weighted by Gasteiger charge is 2.06. The fourth-order valence-corrected chi connectivity index (χ4v) is 2.77. The molecule has 108 valence electrons. The van der Waals surface area contributed by atoms with Crippen LogP contribution in [0.3, 0.4) is 0 Å². The molecule has 0 atom stereocenters. The molecule has 1 aromatic heterocycles. The Morgan fingerprint density at radius 1 is 1.10 bits per heavy atom. The molecule has 0 saturated carbocycles. The molecule has 0 aliphatic heterocycles. The quantitative estimate of drug-likeness (QED) is 0.779. The topological polar surface area (TPSA) is 40.2 Å². The first-order valence-electron chi connectivity index (χ1n) is 7.21. The molecular weight excluding hydrogens is 260 g/mol. The van der Waals surface area contributed by atoms with Crippen molar-refractivity contribution in [3.63, 3.8) is 0 Å². The van der Waals surface area contributed by atoms with Gasteiger partial charge in [0.15, 0.2) is 0 Å². The fraction of sp³-hybridized carbons (Fsp3) is 0.222. The van der Waals surface area contributed by atoms with Crippen molar-refractivity contribution in [3.05, 3.63) is 65.9 Å². The summed E-state index contributed by atoms with van der Waals surface area (Å²) in [6.45, 7) is 1.52. The maximum absolute atomic E-state index is 5.69. The molecule has 2 N–H and O–H groups in total. The van der Waals surface area contributed by atoms with Crippen LogP contribution in [-0.2, 0) is 13.0 Å². The van der Waals surface area contributed by atoms with E-state index >= 15 is 0 Å². The van der Waals surface area contributed by atoms with Crippen LogP contribution in [0.4, 0.5) is 0 Å². The Balaban J connectivity index is 1.95. The van der Waals surface area contributed by atoms with E-state index in [2.05, 4.69) is 47.2 Å². The third-order valence-electron chi connectivity index (χ3n) is 3.80. The highest BCUT2D eigenvalue weighted by Crippen LogP contribution is 2.22. The predicted molar refractivity (Wildman–Crippen MR) is 86.8 cm³/mol. The van der Waals surface area contributed by atoms with Gasteiger partial charge in [-0.15, -0.1) is 0 Å². The summed E-state index contributed by atoms with van der Waals surface area (Å²) in [7, 11) is 1.70. The van der Waals surface area contributed by atoms with Crippen LogP contribution in [0.25, 0.3) is 10.9 Å². The van der Waals surface area contributed by atoms with E-state index in [1.807, 2.05) is 12.1 Å². The normalized spacial score (nSPS) is 11.0. The lowest BCUT2D eigenvalue weighted by Crippen LogP contribution is -2.03. The summed E-state index contributed by atoms with van der Waals surface area (Å²) in [6, 6.07) is 16.8. The number of fused-ring (bicyclic) bond motifs is 1. The first kappa shape index (κ1) is 13.7. The molecule has 3 rings (SSSR count). The summed E-state index contributed by atoms with van der Waals surface area (Å²) < 4.78 is 7.56.